The Kier molecular flexibility index (Phi) is 12.1. The van der Waals surface area contributed by atoms with Gasteiger partial charge in [-0.15, -0.1) is 0 Å². The average molecular weight is 751 g/mol. The number of rotatable bonds is 16. The largest absolute Gasteiger partial charge is 0.756 e. The summed E-state index contributed by atoms with van der Waals surface area (Å²) in [7, 11) is -16.7. The highest BCUT2D eigenvalue weighted by atomic mass is 32.1. The maximum atomic E-state index is 12.2. The van der Waals surface area contributed by atoms with Gasteiger partial charge in [-0.05, 0) is 13.8 Å². The number of nitrogen functional groups attached to an aromatic ring is 2. The average Bonchev–Trinajstić information content (AvgIpc) is 3.47. The third-order valence-corrected chi connectivity index (χ3v) is 13.1. The molecule has 0 saturated heterocycles. The maximum absolute atomic E-state index is 12.2. The Morgan fingerprint density at radius 2 is 1.15 bits per heavy atom. The molecule has 0 amide bonds. The molecule has 4 aromatic heterocycles. The summed E-state index contributed by atoms with van der Waals surface area (Å²) in [5.41, 5.74) is 18.5. The summed E-state index contributed by atoms with van der Waals surface area (Å²) in [5.74, 6) is 1.77. The van der Waals surface area contributed by atoms with Crippen molar-refractivity contribution in [3.63, 3.8) is 0 Å². The Labute approximate surface area is 277 Å². The molecule has 4 aromatic rings. The Balaban J connectivity index is 1.24. The number of phosphoric acid groups is 3. The fraction of sp³-hybridized carbons (Fsp3) is 0.417. The number of hydrogen-bond acceptors (Lipinski definition) is 17. The standard InChI is InChI=1S/C24H33N8O10P3S2/c1-15-21(46-13-31(15)11-19-9-27-17(3)29-23(19)25)5-7-39-43(33,34)41-45(37,38)42-44(35,36)40-8-6-22-16(2)32(14-47-22)12-20-10-28-18(4)30-24(20)26/h9-10,13-14H,5-8,11-12H2,1-4H3,(H5-2,25,26,27,28,29,30,33,34,35,36,37,38). The third-order valence-electron chi connectivity index (χ3n) is 6.59. The fourth-order valence-electron chi connectivity index (χ4n) is 4.15. The van der Waals surface area contributed by atoms with Crippen LogP contribution in [0.25, 0.3) is 0 Å². The predicted molar refractivity (Wildman–Crippen MR) is 166 cm³/mol. The van der Waals surface area contributed by atoms with Crippen LogP contribution in [0.2, 0.25) is 0 Å². The monoisotopic (exact) mass is 750 g/mol. The molecule has 0 saturated carbocycles. The summed E-state index contributed by atoms with van der Waals surface area (Å²) >= 11 is 2.64. The Morgan fingerprint density at radius 1 is 0.766 bits per heavy atom. The fourth-order valence-corrected chi connectivity index (χ4v) is 9.51. The van der Waals surface area contributed by atoms with Crippen LogP contribution in [0.1, 0.15) is 43.9 Å². The summed E-state index contributed by atoms with van der Waals surface area (Å²) in [6.07, 6.45) is 3.43. The Hall–Kier alpha value is -2.57. The van der Waals surface area contributed by atoms with Gasteiger partial charge in [0.2, 0.25) is 11.0 Å². The molecule has 5 N–H and O–H groups in total. The summed E-state index contributed by atoms with van der Waals surface area (Å²) in [4.78, 5) is 52.3. The lowest BCUT2D eigenvalue weighted by Crippen LogP contribution is -2.35. The lowest BCUT2D eigenvalue weighted by atomic mass is 10.2. The van der Waals surface area contributed by atoms with Crippen molar-refractivity contribution in [3.05, 3.63) is 67.3 Å². The van der Waals surface area contributed by atoms with Crippen LogP contribution < -0.4 is 30.4 Å². The van der Waals surface area contributed by atoms with E-state index >= 15 is 0 Å². The summed E-state index contributed by atoms with van der Waals surface area (Å²) in [6.45, 7) is 6.89. The van der Waals surface area contributed by atoms with E-state index < -0.39 is 36.7 Å². The molecular weight excluding hydrogens is 717 g/mol. The molecule has 0 radical (unpaired) electrons. The minimum atomic E-state index is -5.72. The van der Waals surface area contributed by atoms with Gasteiger partial charge in [-0.2, -0.15) is 9.13 Å². The minimum absolute atomic E-state index is 0.0903. The smallest absolute Gasteiger partial charge is 0.485 e. The van der Waals surface area contributed by atoms with E-state index in [1.165, 1.54) is 22.7 Å². The molecule has 0 aliphatic rings. The van der Waals surface area contributed by atoms with Gasteiger partial charge < -0.3 is 35.2 Å². The molecule has 4 rings (SSSR count). The van der Waals surface area contributed by atoms with Crippen molar-refractivity contribution in [2.24, 2.45) is 0 Å². The lowest BCUT2D eigenvalue weighted by molar-refractivity contribution is -0.689. The zero-order valence-electron chi connectivity index (χ0n) is 25.7. The van der Waals surface area contributed by atoms with Crippen LogP contribution in [0, 0.1) is 27.7 Å². The van der Waals surface area contributed by atoms with Crippen LogP contribution in [0.3, 0.4) is 0 Å². The highest BCUT2D eigenvalue weighted by molar-refractivity contribution is 7.66. The highest BCUT2D eigenvalue weighted by Crippen LogP contribution is 2.65. The number of phosphoric ester groups is 2. The maximum Gasteiger partial charge on any atom is 0.485 e. The van der Waals surface area contributed by atoms with E-state index in [2.05, 4.69) is 37.6 Å². The van der Waals surface area contributed by atoms with Gasteiger partial charge >= 0.3 is 7.82 Å². The number of anilines is 2. The predicted octanol–water partition coefficient (Wildman–Crippen LogP) is 1.35. The van der Waals surface area contributed by atoms with Gasteiger partial charge in [-0.1, -0.05) is 22.7 Å². The molecule has 23 heteroatoms. The first-order valence-corrected chi connectivity index (χ1v) is 19.9. The van der Waals surface area contributed by atoms with Gasteiger partial charge in [-0.25, -0.2) is 33.1 Å². The van der Waals surface area contributed by atoms with E-state index in [0.717, 1.165) is 21.1 Å². The zero-order chi connectivity index (χ0) is 34.6. The molecule has 4 heterocycles. The Morgan fingerprint density at radius 3 is 1.51 bits per heavy atom. The van der Waals surface area contributed by atoms with Crippen LogP contribution in [-0.4, -0.2) is 38.0 Å². The number of hydrogen-bond donors (Lipinski definition) is 3. The van der Waals surface area contributed by atoms with E-state index in [4.69, 9.17) is 11.5 Å². The van der Waals surface area contributed by atoms with Gasteiger partial charge in [0.1, 0.15) is 23.3 Å². The van der Waals surface area contributed by atoms with Crippen molar-refractivity contribution in [2.45, 2.75) is 53.6 Å². The number of aryl methyl sites for hydroxylation is 2. The molecule has 0 bridgehead atoms. The quantitative estimate of drug-likeness (QED) is 0.108. The van der Waals surface area contributed by atoms with Gasteiger partial charge in [0.25, 0.3) is 15.6 Å². The first kappa shape index (κ1) is 37.3. The van der Waals surface area contributed by atoms with Crippen molar-refractivity contribution in [1.29, 1.82) is 0 Å². The SMILES string of the molecule is Cc1ncc(C[n+]2csc(CCOP(=O)([O-])OP(=O)(O)OP(=O)([O-])OCCc3sc[n+](Cc4cnc(C)nc4N)c3C)c2C)c(N)n1. The molecule has 0 spiro atoms. The molecule has 256 valence electrons. The molecule has 18 nitrogen and oxygen atoms in total. The first-order valence-electron chi connectivity index (χ1n) is 13.7. The highest BCUT2D eigenvalue weighted by Gasteiger charge is 2.34. The van der Waals surface area contributed by atoms with E-state index in [1.807, 2.05) is 9.13 Å². The van der Waals surface area contributed by atoms with Crippen molar-refractivity contribution in [1.82, 2.24) is 19.9 Å². The molecule has 47 heavy (non-hydrogen) atoms. The van der Waals surface area contributed by atoms with Crippen molar-refractivity contribution in [2.75, 3.05) is 24.7 Å². The summed E-state index contributed by atoms with van der Waals surface area (Å²) in [5, 5.41) is 0. The lowest BCUT2D eigenvalue weighted by Gasteiger charge is -2.28. The number of nitrogens with two attached hydrogens (primary N) is 2. The second-order valence-electron chi connectivity index (χ2n) is 10.1. The van der Waals surface area contributed by atoms with E-state index in [0.29, 0.717) is 47.5 Å². The number of nitrogens with zero attached hydrogens (tertiary/aromatic N) is 6. The zero-order valence-corrected chi connectivity index (χ0v) is 30.0. The molecule has 2 unspecified atom stereocenters. The van der Waals surface area contributed by atoms with E-state index in [1.54, 1.807) is 51.1 Å². The van der Waals surface area contributed by atoms with E-state index in [9.17, 15) is 28.4 Å². The second-order valence-corrected chi connectivity index (χ2v) is 16.5. The second kappa shape index (κ2) is 15.3. The van der Waals surface area contributed by atoms with Gasteiger partial charge in [0, 0.05) is 39.1 Å². The van der Waals surface area contributed by atoms with Crippen LogP contribution in [0.5, 0.6) is 0 Å². The molecule has 0 aliphatic heterocycles. The van der Waals surface area contributed by atoms with Crippen LogP contribution in [-0.2, 0) is 57.3 Å². The molecular formula is C24H33N8O10P3S2. The Bertz CT molecular complexity index is 1760. The summed E-state index contributed by atoms with van der Waals surface area (Å²) in [6, 6.07) is 0. The van der Waals surface area contributed by atoms with Crippen LogP contribution in [0.15, 0.2) is 23.4 Å². The normalized spacial score (nSPS) is 15.6. The number of thiazole rings is 2. The first-order chi connectivity index (χ1) is 21.9. The van der Waals surface area contributed by atoms with Crippen molar-refractivity contribution < 1.29 is 55.2 Å². The third kappa shape index (κ3) is 10.7. The topological polar surface area (TPSA) is 266 Å². The van der Waals surface area contributed by atoms with Gasteiger partial charge in [-0.3, -0.25) is 9.13 Å². The van der Waals surface area contributed by atoms with Gasteiger partial charge in [0.15, 0.2) is 24.5 Å². The molecule has 0 aromatic carbocycles. The minimum Gasteiger partial charge on any atom is -0.756 e. The van der Waals surface area contributed by atoms with E-state index in [-0.39, 0.29) is 12.8 Å². The van der Waals surface area contributed by atoms with Gasteiger partial charge in [0.05, 0.1) is 34.1 Å². The summed E-state index contributed by atoms with van der Waals surface area (Å²) < 4.78 is 57.9. The van der Waals surface area contributed by atoms with Crippen molar-refractivity contribution in [3.8, 4) is 0 Å². The molecule has 0 fully saturated rings. The molecule has 0 aliphatic carbocycles. The molecule has 2 atom stereocenters. The van der Waals surface area contributed by atoms with Crippen LogP contribution >= 0.6 is 46.1 Å². The van der Waals surface area contributed by atoms with Crippen LogP contribution in [0.4, 0.5) is 11.6 Å². The number of aromatic nitrogens is 6. The van der Waals surface area contributed by atoms with Crippen molar-refractivity contribution >= 4 is 57.8 Å².